The quantitative estimate of drug-likeness (QED) is 0.791. The molecule has 3 amide bonds. The number of thiazole rings is 1. The summed E-state index contributed by atoms with van der Waals surface area (Å²) in [7, 11) is 0. The van der Waals surface area contributed by atoms with Gasteiger partial charge in [0.2, 0.25) is 0 Å². The number of carbonyl (C=O) groups is 2. The van der Waals surface area contributed by atoms with E-state index in [1.807, 2.05) is 0 Å². The molecule has 1 saturated heterocycles. The van der Waals surface area contributed by atoms with Gasteiger partial charge in [-0.2, -0.15) is 18.2 Å². The Morgan fingerprint density at radius 2 is 1.96 bits per heavy atom. The molecule has 1 aromatic heterocycles. The Morgan fingerprint density at radius 3 is 2.57 bits per heavy atom. The number of hydrogen-bond donors (Lipinski definition) is 2. The largest absolute Gasteiger partial charge is 0.465 e. The van der Waals surface area contributed by atoms with E-state index in [-0.39, 0.29) is 12.6 Å². The normalized spacial score (nSPS) is 17.8. The number of alkyl halides is 3. The molecule has 2 heterocycles. The maximum absolute atomic E-state index is 12.7. The topological polar surface area (TPSA) is 86.9 Å². The van der Waals surface area contributed by atoms with E-state index in [1.54, 1.807) is 17.7 Å². The number of likely N-dealkylation sites (tertiary alicyclic amines) is 1. The average Bonchev–Trinajstić information content (AvgIpc) is 3.20. The number of nitrogens with zero attached hydrogens (tertiary/aromatic N) is 3. The highest BCUT2D eigenvalue weighted by atomic mass is 32.1. The van der Waals surface area contributed by atoms with Gasteiger partial charge in [0.25, 0.3) is 0 Å². The Bertz CT molecular complexity index is 950. The van der Waals surface area contributed by atoms with E-state index in [0.717, 1.165) is 17.0 Å². The number of amides is 3. The highest BCUT2D eigenvalue weighted by Gasteiger charge is 2.30. The van der Waals surface area contributed by atoms with Crippen LogP contribution in [0.25, 0.3) is 5.69 Å². The van der Waals surface area contributed by atoms with E-state index in [1.165, 1.54) is 28.4 Å². The Kier molecular flexibility index (Phi) is 5.45. The van der Waals surface area contributed by atoms with E-state index in [4.69, 9.17) is 5.11 Å². The Balaban J connectivity index is 1.84. The molecule has 1 aromatic carbocycles. The van der Waals surface area contributed by atoms with Crippen molar-refractivity contribution < 1.29 is 27.9 Å². The van der Waals surface area contributed by atoms with Crippen molar-refractivity contribution in [2.75, 3.05) is 13.1 Å². The second-order valence-electron chi connectivity index (χ2n) is 6.31. The fourth-order valence-electron chi connectivity index (χ4n) is 2.91. The number of urea groups is 1. The van der Waals surface area contributed by atoms with Crippen LogP contribution in [0, 0.1) is 6.92 Å². The predicted molar refractivity (Wildman–Crippen MR) is 95.5 cm³/mol. The van der Waals surface area contributed by atoms with Crippen molar-refractivity contribution in [3.63, 3.8) is 0 Å². The van der Waals surface area contributed by atoms with Gasteiger partial charge in [-0.3, -0.25) is 4.57 Å². The van der Waals surface area contributed by atoms with Crippen molar-refractivity contribution in [1.29, 1.82) is 0 Å². The van der Waals surface area contributed by atoms with Crippen LogP contribution in [0.4, 0.5) is 22.8 Å². The number of carbonyl (C=O) groups excluding carboxylic acids is 1. The van der Waals surface area contributed by atoms with Crippen molar-refractivity contribution in [3.8, 4) is 5.69 Å². The van der Waals surface area contributed by atoms with Crippen LogP contribution in [-0.4, -0.2) is 45.8 Å². The summed E-state index contributed by atoms with van der Waals surface area (Å²) in [6.45, 7) is 2.40. The van der Waals surface area contributed by atoms with E-state index >= 15 is 0 Å². The second kappa shape index (κ2) is 7.66. The highest BCUT2D eigenvalue weighted by Crippen LogP contribution is 2.29. The molecule has 7 nitrogen and oxygen atoms in total. The number of hydrogen-bond acceptors (Lipinski definition) is 3. The molecule has 0 radical (unpaired) electrons. The molecule has 1 atom stereocenters. The monoisotopic (exact) mass is 414 g/mol. The van der Waals surface area contributed by atoms with E-state index in [0.29, 0.717) is 23.5 Å². The van der Waals surface area contributed by atoms with Crippen LogP contribution in [0.1, 0.15) is 16.9 Å². The summed E-state index contributed by atoms with van der Waals surface area (Å²) >= 11 is 1.23. The van der Waals surface area contributed by atoms with Gasteiger partial charge in [0.1, 0.15) is 0 Å². The lowest BCUT2D eigenvalue weighted by molar-refractivity contribution is -0.137. The zero-order valence-corrected chi connectivity index (χ0v) is 15.5. The van der Waals surface area contributed by atoms with Crippen LogP contribution in [-0.2, 0) is 6.18 Å². The van der Waals surface area contributed by atoms with E-state index < -0.39 is 23.9 Å². The van der Waals surface area contributed by atoms with Crippen molar-refractivity contribution in [3.05, 3.63) is 45.7 Å². The van der Waals surface area contributed by atoms with Crippen LogP contribution in [0.3, 0.4) is 0 Å². The van der Waals surface area contributed by atoms with Gasteiger partial charge in [-0.1, -0.05) is 0 Å². The second-order valence-corrected chi connectivity index (χ2v) is 7.53. The SMILES string of the molecule is Cc1cn(-c2ccc(C(F)(F)F)cc2)/c(=N/C(=O)N2CC[C@H](NC(=O)O)C2)s1. The van der Waals surface area contributed by atoms with Gasteiger partial charge in [0, 0.05) is 29.9 Å². The Hall–Kier alpha value is -2.82. The standard InChI is InChI=1S/C17H17F3N4O3S/c1-10-8-24(13-4-2-11(3-5-13)17(18,19)20)15(28-10)22-14(25)23-7-6-12(9-23)21-16(26)27/h2-5,8,12,21H,6-7,9H2,1H3,(H,26,27)/b22-15-/t12-/m0/s1. The number of rotatable bonds is 2. The first kappa shape index (κ1) is 19.9. The molecule has 11 heteroatoms. The van der Waals surface area contributed by atoms with Crippen LogP contribution < -0.4 is 10.1 Å². The molecule has 1 fully saturated rings. The summed E-state index contributed by atoms with van der Waals surface area (Å²) < 4.78 is 39.8. The van der Waals surface area contributed by atoms with Crippen molar-refractivity contribution in [2.24, 2.45) is 4.99 Å². The molecule has 2 aromatic rings. The fraction of sp³-hybridized carbons (Fsp3) is 0.353. The van der Waals surface area contributed by atoms with Crippen LogP contribution in [0.2, 0.25) is 0 Å². The van der Waals surface area contributed by atoms with Gasteiger partial charge < -0.3 is 15.3 Å². The van der Waals surface area contributed by atoms with E-state index in [2.05, 4.69) is 10.3 Å². The molecule has 1 aliphatic heterocycles. The first-order valence-corrected chi connectivity index (χ1v) is 9.15. The van der Waals surface area contributed by atoms with Crippen LogP contribution in [0.15, 0.2) is 35.5 Å². The van der Waals surface area contributed by atoms with Gasteiger partial charge in [0.15, 0.2) is 4.80 Å². The number of aromatic nitrogens is 1. The summed E-state index contributed by atoms with van der Waals surface area (Å²) in [4.78, 5) is 29.8. The molecule has 1 aliphatic rings. The number of halogens is 3. The molecule has 0 bridgehead atoms. The summed E-state index contributed by atoms with van der Waals surface area (Å²) in [6, 6.07) is 3.73. The van der Waals surface area contributed by atoms with Crippen molar-refractivity contribution in [1.82, 2.24) is 14.8 Å². The minimum atomic E-state index is -4.42. The zero-order chi connectivity index (χ0) is 20.5. The molecule has 150 valence electrons. The molecule has 0 spiro atoms. The smallest absolute Gasteiger partial charge is 0.416 e. The van der Waals surface area contributed by atoms with Crippen molar-refractivity contribution in [2.45, 2.75) is 25.6 Å². The van der Waals surface area contributed by atoms with Crippen molar-refractivity contribution >= 4 is 23.5 Å². The number of benzene rings is 1. The van der Waals surface area contributed by atoms with Gasteiger partial charge in [-0.25, -0.2) is 9.59 Å². The average molecular weight is 414 g/mol. The fourth-order valence-corrected chi connectivity index (χ4v) is 3.73. The molecule has 0 saturated carbocycles. The molecule has 3 rings (SSSR count). The molecular weight excluding hydrogens is 397 g/mol. The number of nitrogens with one attached hydrogen (secondary N) is 1. The maximum Gasteiger partial charge on any atom is 0.416 e. The van der Waals surface area contributed by atoms with Gasteiger partial charge in [-0.05, 0) is 37.6 Å². The lowest BCUT2D eigenvalue weighted by Gasteiger charge is -2.13. The molecule has 0 aliphatic carbocycles. The van der Waals surface area contributed by atoms with Crippen LogP contribution in [0.5, 0.6) is 0 Å². The summed E-state index contributed by atoms with van der Waals surface area (Å²) in [5.74, 6) is 0. The molecule has 0 unspecified atom stereocenters. The summed E-state index contributed by atoms with van der Waals surface area (Å²) in [5, 5.41) is 11.1. The van der Waals surface area contributed by atoms with Gasteiger partial charge in [0.05, 0.1) is 11.6 Å². The zero-order valence-electron chi connectivity index (χ0n) is 14.7. The Labute approximate surface area is 161 Å². The summed E-state index contributed by atoms with van der Waals surface area (Å²) in [5.41, 5.74) is -0.303. The number of carboxylic acid groups (broad SMARTS) is 1. The third kappa shape index (κ3) is 4.53. The predicted octanol–water partition coefficient (Wildman–Crippen LogP) is 3.23. The molecular formula is C17H17F3N4O3S. The maximum atomic E-state index is 12.7. The first-order valence-electron chi connectivity index (χ1n) is 8.33. The third-order valence-corrected chi connectivity index (χ3v) is 5.12. The van der Waals surface area contributed by atoms with Crippen LogP contribution >= 0.6 is 11.3 Å². The molecule has 2 N–H and O–H groups in total. The summed E-state index contributed by atoms with van der Waals surface area (Å²) in [6.07, 6.45) is -3.38. The third-order valence-electron chi connectivity index (χ3n) is 4.22. The minimum Gasteiger partial charge on any atom is -0.465 e. The molecule has 28 heavy (non-hydrogen) atoms. The lowest BCUT2D eigenvalue weighted by Crippen LogP contribution is -2.37. The lowest BCUT2D eigenvalue weighted by atomic mass is 10.2. The van der Waals surface area contributed by atoms with Gasteiger partial charge >= 0.3 is 18.3 Å². The first-order chi connectivity index (χ1) is 13.1. The number of aryl methyl sites for hydroxylation is 1. The van der Waals surface area contributed by atoms with E-state index in [9.17, 15) is 22.8 Å². The highest BCUT2D eigenvalue weighted by molar-refractivity contribution is 7.09. The minimum absolute atomic E-state index is 0.221. The van der Waals surface area contributed by atoms with Gasteiger partial charge in [-0.15, -0.1) is 11.3 Å². The Morgan fingerprint density at radius 1 is 1.29 bits per heavy atom.